The molecule has 1 saturated heterocycles. The lowest BCUT2D eigenvalue weighted by Crippen LogP contribution is -2.39. The van der Waals surface area contributed by atoms with E-state index in [1.807, 2.05) is 65.7 Å². The van der Waals surface area contributed by atoms with Gasteiger partial charge in [-0.1, -0.05) is 18.2 Å². The van der Waals surface area contributed by atoms with Crippen LogP contribution in [0.4, 0.5) is 0 Å². The van der Waals surface area contributed by atoms with Crippen LogP contribution in [0.2, 0.25) is 0 Å². The third kappa shape index (κ3) is 4.35. The van der Waals surface area contributed by atoms with Crippen molar-refractivity contribution in [1.82, 2.24) is 24.6 Å². The minimum absolute atomic E-state index is 0.0000912. The van der Waals surface area contributed by atoms with Gasteiger partial charge in [0, 0.05) is 48.9 Å². The van der Waals surface area contributed by atoms with Gasteiger partial charge in [0.1, 0.15) is 5.75 Å². The predicted molar refractivity (Wildman–Crippen MR) is 125 cm³/mol. The van der Waals surface area contributed by atoms with Crippen molar-refractivity contribution < 1.29 is 9.53 Å². The Labute approximate surface area is 192 Å². The van der Waals surface area contributed by atoms with E-state index in [0.717, 1.165) is 42.1 Å². The number of nitrogens with zero attached hydrogens (tertiary/aromatic N) is 5. The number of aromatic nitrogens is 4. The number of ether oxygens (including phenoxy) is 1. The van der Waals surface area contributed by atoms with Crippen molar-refractivity contribution >= 4 is 5.91 Å². The van der Waals surface area contributed by atoms with Gasteiger partial charge in [-0.15, -0.1) is 0 Å². The van der Waals surface area contributed by atoms with E-state index in [4.69, 9.17) is 9.72 Å². The van der Waals surface area contributed by atoms with Crippen molar-refractivity contribution in [3.8, 4) is 22.8 Å². The minimum Gasteiger partial charge on any atom is -0.496 e. The van der Waals surface area contributed by atoms with E-state index in [1.165, 1.54) is 0 Å². The van der Waals surface area contributed by atoms with Crippen molar-refractivity contribution in [2.45, 2.75) is 18.8 Å². The van der Waals surface area contributed by atoms with Crippen LogP contribution in [0, 0.1) is 0 Å². The number of amides is 1. The molecule has 1 fully saturated rings. The monoisotopic (exact) mass is 439 g/mol. The molecule has 1 aliphatic heterocycles. The highest BCUT2D eigenvalue weighted by Crippen LogP contribution is 2.31. The fourth-order valence-electron chi connectivity index (χ4n) is 4.32. The van der Waals surface area contributed by atoms with Crippen molar-refractivity contribution in [2.24, 2.45) is 0 Å². The summed E-state index contributed by atoms with van der Waals surface area (Å²) in [6.45, 7) is 1.38. The van der Waals surface area contributed by atoms with E-state index in [9.17, 15) is 4.79 Å². The van der Waals surface area contributed by atoms with E-state index in [0.29, 0.717) is 17.9 Å². The molecule has 33 heavy (non-hydrogen) atoms. The van der Waals surface area contributed by atoms with Gasteiger partial charge in [-0.2, -0.15) is 5.10 Å². The maximum atomic E-state index is 13.2. The van der Waals surface area contributed by atoms with Crippen molar-refractivity contribution in [3.63, 3.8) is 0 Å². The van der Waals surface area contributed by atoms with Crippen LogP contribution in [0.3, 0.4) is 0 Å². The third-order valence-electron chi connectivity index (χ3n) is 6.01. The summed E-state index contributed by atoms with van der Waals surface area (Å²) in [6, 6.07) is 19.5. The number of hydrogen-bond acceptors (Lipinski definition) is 5. The Bertz CT molecular complexity index is 1240. The first-order chi connectivity index (χ1) is 16.2. The number of para-hydroxylation sites is 1. The highest BCUT2D eigenvalue weighted by molar-refractivity contribution is 5.94. The number of benzene rings is 1. The van der Waals surface area contributed by atoms with Crippen LogP contribution in [0.1, 0.15) is 34.8 Å². The normalized spacial score (nSPS) is 15.9. The van der Waals surface area contributed by atoms with Gasteiger partial charge < -0.3 is 9.64 Å². The molecule has 1 aliphatic rings. The number of hydrogen-bond donors (Lipinski definition) is 0. The van der Waals surface area contributed by atoms with E-state index >= 15 is 0 Å². The average molecular weight is 440 g/mol. The highest BCUT2D eigenvalue weighted by Gasteiger charge is 2.27. The molecule has 4 heterocycles. The first kappa shape index (κ1) is 20.9. The van der Waals surface area contributed by atoms with Gasteiger partial charge in [0.25, 0.3) is 5.91 Å². The number of likely N-dealkylation sites (tertiary alicyclic amines) is 1. The molecule has 1 aromatic carbocycles. The maximum absolute atomic E-state index is 13.2. The zero-order valence-electron chi connectivity index (χ0n) is 18.5. The Morgan fingerprint density at radius 1 is 1.06 bits per heavy atom. The molecule has 1 atom stereocenters. The van der Waals surface area contributed by atoms with Crippen molar-refractivity contribution in [1.29, 1.82) is 0 Å². The lowest BCUT2D eigenvalue weighted by Gasteiger charge is -2.32. The van der Waals surface area contributed by atoms with Crippen molar-refractivity contribution in [3.05, 3.63) is 90.5 Å². The average Bonchev–Trinajstić information content (AvgIpc) is 3.44. The van der Waals surface area contributed by atoms with Crippen molar-refractivity contribution in [2.75, 3.05) is 20.2 Å². The second-order valence-corrected chi connectivity index (χ2v) is 8.09. The number of rotatable bonds is 5. The Morgan fingerprint density at radius 3 is 2.76 bits per heavy atom. The summed E-state index contributed by atoms with van der Waals surface area (Å²) < 4.78 is 7.18. The van der Waals surface area contributed by atoms with Crippen LogP contribution in [0.5, 0.6) is 5.75 Å². The molecule has 0 aliphatic carbocycles. The summed E-state index contributed by atoms with van der Waals surface area (Å²) in [5, 5.41) is 4.18. The van der Waals surface area contributed by atoms with Gasteiger partial charge in [-0.25, -0.2) is 9.67 Å². The van der Waals surface area contributed by atoms with Crippen LogP contribution in [-0.2, 0) is 0 Å². The van der Waals surface area contributed by atoms with E-state index in [2.05, 4.69) is 16.1 Å². The van der Waals surface area contributed by atoms with Gasteiger partial charge in [0.05, 0.1) is 18.4 Å². The molecule has 0 radical (unpaired) electrons. The standard InChI is InChI=1S/C26H25N5O2/c1-33-24-11-3-2-8-21(24)23-10-4-9-22(29-23)20-7-5-15-30(18-20)26(32)19-12-13-25(27-17-19)31-16-6-14-28-31/h2-4,6,8-14,16-17,20H,5,7,15,18H2,1H3/t20-/m0/s1. The Balaban J connectivity index is 1.33. The zero-order valence-corrected chi connectivity index (χ0v) is 18.5. The highest BCUT2D eigenvalue weighted by atomic mass is 16.5. The third-order valence-corrected chi connectivity index (χ3v) is 6.01. The number of carbonyl (C=O) groups excluding carboxylic acids is 1. The van der Waals surface area contributed by atoms with Gasteiger partial charge in [0.15, 0.2) is 5.82 Å². The van der Waals surface area contributed by atoms with Gasteiger partial charge in [-0.3, -0.25) is 9.78 Å². The SMILES string of the molecule is COc1ccccc1-c1cccc([C@H]2CCCN(C(=O)c3ccc(-n4cccn4)nc3)C2)n1. The topological polar surface area (TPSA) is 73.1 Å². The van der Waals surface area contributed by atoms with E-state index in [-0.39, 0.29) is 11.8 Å². The molecular formula is C26H25N5O2. The van der Waals surface area contributed by atoms with Gasteiger partial charge in [0.2, 0.25) is 0 Å². The number of carbonyl (C=O) groups is 1. The Kier molecular flexibility index (Phi) is 5.85. The number of piperidine rings is 1. The summed E-state index contributed by atoms with van der Waals surface area (Å²) in [5.74, 6) is 1.67. The molecule has 7 nitrogen and oxygen atoms in total. The molecule has 0 saturated carbocycles. The molecule has 1 amide bonds. The second kappa shape index (κ2) is 9.24. The molecule has 7 heteroatoms. The molecule has 0 spiro atoms. The molecule has 0 unspecified atom stereocenters. The number of pyridine rings is 2. The fraction of sp³-hybridized carbons (Fsp3) is 0.231. The number of methoxy groups -OCH3 is 1. The Morgan fingerprint density at radius 2 is 1.97 bits per heavy atom. The van der Waals surface area contributed by atoms with Crippen LogP contribution in [0.25, 0.3) is 17.1 Å². The zero-order chi connectivity index (χ0) is 22.6. The molecule has 4 aromatic rings. The van der Waals surface area contributed by atoms with Gasteiger partial charge in [-0.05, 0) is 55.3 Å². The largest absolute Gasteiger partial charge is 0.496 e. The summed E-state index contributed by atoms with van der Waals surface area (Å²) in [7, 11) is 1.67. The summed E-state index contributed by atoms with van der Waals surface area (Å²) in [6.07, 6.45) is 7.10. The van der Waals surface area contributed by atoms with Crippen LogP contribution >= 0.6 is 0 Å². The van der Waals surface area contributed by atoms with Gasteiger partial charge >= 0.3 is 0 Å². The minimum atomic E-state index is 0.0000912. The van der Waals surface area contributed by atoms with Crippen LogP contribution < -0.4 is 4.74 Å². The molecule has 166 valence electrons. The smallest absolute Gasteiger partial charge is 0.255 e. The molecule has 0 bridgehead atoms. The molecule has 0 N–H and O–H groups in total. The first-order valence-corrected chi connectivity index (χ1v) is 11.1. The summed E-state index contributed by atoms with van der Waals surface area (Å²) in [4.78, 5) is 24.4. The first-order valence-electron chi connectivity index (χ1n) is 11.1. The molecular weight excluding hydrogens is 414 g/mol. The molecule has 3 aromatic heterocycles. The fourth-order valence-corrected chi connectivity index (χ4v) is 4.32. The summed E-state index contributed by atoms with van der Waals surface area (Å²) >= 11 is 0. The van der Waals surface area contributed by atoms with E-state index < -0.39 is 0 Å². The van der Waals surface area contributed by atoms with Crippen LogP contribution in [0.15, 0.2) is 79.3 Å². The van der Waals surface area contributed by atoms with E-state index in [1.54, 1.807) is 24.2 Å². The Hall–Kier alpha value is -4.00. The summed E-state index contributed by atoms with van der Waals surface area (Å²) in [5.41, 5.74) is 3.44. The maximum Gasteiger partial charge on any atom is 0.255 e. The molecule has 5 rings (SSSR count). The predicted octanol–water partition coefficient (Wildman–Crippen LogP) is 4.36. The quantitative estimate of drug-likeness (QED) is 0.462. The lowest BCUT2D eigenvalue weighted by atomic mass is 9.93. The lowest BCUT2D eigenvalue weighted by molar-refractivity contribution is 0.0705. The second-order valence-electron chi connectivity index (χ2n) is 8.09. The van der Waals surface area contributed by atoms with Crippen LogP contribution in [-0.4, -0.2) is 50.8 Å².